The Morgan fingerprint density at radius 3 is 2.48 bits per heavy atom. The topological polar surface area (TPSA) is 53.9 Å². The minimum atomic E-state index is -0.472. The Morgan fingerprint density at radius 2 is 1.79 bits per heavy atom. The van der Waals surface area contributed by atoms with E-state index < -0.39 is 16.0 Å². The summed E-state index contributed by atoms with van der Waals surface area (Å²) in [6.45, 7) is 7.31. The van der Waals surface area contributed by atoms with Gasteiger partial charge in [-0.15, -0.1) is 0 Å². The standard InChI is InChI=1S/C22H28FN5S/c1-3-29(4-2)13-11-28(12-14-29)21-18-7-5-6-8-19(18)26-22(27-21)25-16-17-9-10-20(23)24-15-17/h5-10,15H,3-4,11-14,16H2,1-2H3,(H,25,26,27). The molecule has 5 nitrogen and oxygen atoms in total. The van der Waals surface area contributed by atoms with Crippen LogP contribution in [-0.2, 0) is 6.54 Å². The summed E-state index contributed by atoms with van der Waals surface area (Å²) in [7, 11) is -0.466. The highest BCUT2D eigenvalue weighted by molar-refractivity contribution is 8.33. The number of para-hydroxylation sites is 1. The van der Waals surface area contributed by atoms with Gasteiger partial charge in [0, 0.05) is 31.2 Å². The molecule has 1 aliphatic heterocycles. The van der Waals surface area contributed by atoms with Gasteiger partial charge >= 0.3 is 0 Å². The molecule has 0 unspecified atom stereocenters. The Labute approximate surface area is 173 Å². The number of aromatic nitrogens is 3. The lowest BCUT2D eigenvalue weighted by Gasteiger charge is -2.46. The van der Waals surface area contributed by atoms with Gasteiger partial charge in [-0.1, -0.05) is 32.0 Å². The van der Waals surface area contributed by atoms with E-state index in [1.807, 2.05) is 18.2 Å². The van der Waals surface area contributed by atoms with Gasteiger partial charge in [0.15, 0.2) is 0 Å². The predicted molar refractivity (Wildman–Crippen MR) is 122 cm³/mol. The Kier molecular flexibility index (Phi) is 5.85. The molecular formula is C22H28FN5S. The number of nitrogens with zero attached hydrogens (tertiary/aromatic N) is 4. The fourth-order valence-electron chi connectivity index (χ4n) is 3.89. The van der Waals surface area contributed by atoms with Crippen LogP contribution in [0.3, 0.4) is 0 Å². The van der Waals surface area contributed by atoms with Crippen LogP contribution in [0.25, 0.3) is 10.9 Å². The van der Waals surface area contributed by atoms with Crippen molar-refractivity contribution >= 4 is 32.7 Å². The van der Waals surface area contributed by atoms with Crippen molar-refractivity contribution in [1.82, 2.24) is 15.0 Å². The van der Waals surface area contributed by atoms with Gasteiger partial charge in [0.25, 0.3) is 0 Å². The monoisotopic (exact) mass is 413 g/mol. The van der Waals surface area contributed by atoms with E-state index in [0.29, 0.717) is 12.5 Å². The summed E-state index contributed by atoms with van der Waals surface area (Å²) >= 11 is 0. The largest absolute Gasteiger partial charge is 0.354 e. The van der Waals surface area contributed by atoms with E-state index in [1.165, 1.54) is 35.3 Å². The lowest BCUT2D eigenvalue weighted by molar-refractivity contribution is 0.582. The van der Waals surface area contributed by atoms with Crippen molar-refractivity contribution in [2.24, 2.45) is 0 Å². The maximum atomic E-state index is 13.0. The van der Waals surface area contributed by atoms with Gasteiger partial charge in [0.1, 0.15) is 5.82 Å². The van der Waals surface area contributed by atoms with Crippen LogP contribution in [0.1, 0.15) is 19.4 Å². The molecule has 1 aromatic carbocycles. The summed E-state index contributed by atoms with van der Waals surface area (Å²) < 4.78 is 13.0. The van der Waals surface area contributed by atoms with Gasteiger partial charge in [0.2, 0.25) is 11.9 Å². The molecule has 0 saturated carbocycles. The average molecular weight is 414 g/mol. The van der Waals surface area contributed by atoms with Crippen molar-refractivity contribution in [3.63, 3.8) is 0 Å². The number of halogens is 1. The van der Waals surface area contributed by atoms with Crippen molar-refractivity contribution < 1.29 is 4.39 Å². The zero-order chi connectivity index (χ0) is 20.3. The molecule has 4 rings (SSSR count). The highest BCUT2D eigenvalue weighted by Gasteiger charge is 2.28. The minimum absolute atomic E-state index is 0.466. The number of hydrogen-bond donors (Lipinski definition) is 1. The molecule has 7 heteroatoms. The molecule has 3 aromatic rings. The lowest BCUT2D eigenvalue weighted by atomic mass is 10.2. The number of fused-ring (bicyclic) bond motifs is 1. The molecule has 0 bridgehead atoms. The zero-order valence-corrected chi connectivity index (χ0v) is 17.9. The van der Waals surface area contributed by atoms with Crippen LogP contribution in [0.2, 0.25) is 0 Å². The van der Waals surface area contributed by atoms with Crippen LogP contribution >= 0.6 is 10.0 Å². The second-order valence-corrected chi connectivity index (χ2v) is 11.8. The molecule has 3 heterocycles. The van der Waals surface area contributed by atoms with Crippen molar-refractivity contribution in [1.29, 1.82) is 0 Å². The van der Waals surface area contributed by atoms with E-state index in [4.69, 9.17) is 4.98 Å². The summed E-state index contributed by atoms with van der Waals surface area (Å²) in [5.41, 5.74) is 1.83. The van der Waals surface area contributed by atoms with Gasteiger partial charge in [0.05, 0.1) is 5.52 Å². The van der Waals surface area contributed by atoms with Crippen molar-refractivity contribution in [2.75, 3.05) is 46.3 Å². The van der Waals surface area contributed by atoms with E-state index in [9.17, 15) is 4.39 Å². The SMILES string of the molecule is CCS1(CC)CCN(c2nc(NCc3ccc(F)nc3)nc3ccccc23)CC1. The third-order valence-corrected chi connectivity index (χ3v) is 10.5. The maximum Gasteiger partial charge on any atom is 0.225 e. The van der Waals surface area contributed by atoms with Crippen LogP contribution in [-0.4, -0.2) is 51.1 Å². The zero-order valence-electron chi connectivity index (χ0n) is 17.1. The van der Waals surface area contributed by atoms with E-state index in [1.54, 1.807) is 6.07 Å². The molecule has 0 radical (unpaired) electrons. The van der Waals surface area contributed by atoms with E-state index in [2.05, 4.69) is 40.1 Å². The van der Waals surface area contributed by atoms with E-state index in [0.717, 1.165) is 35.4 Å². The first-order chi connectivity index (χ1) is 14.1. The first kappa shape index (κ1) is 19.9. The first-order valence-electron chi connectivity index (χ1n) is 10.2. The van der Waals surface area contributed by atoms with E-state index in [-0.39, 0.29) is 0 Å². The fraction of sp³-hybridized carbons (Fsp3) is 0.409. The molecule has 154 valence electrons. The smallest absolute Gasteiger partial charge is 0.225 e. The van der Waals surface area contributed by atoms with Crippen LogP contribution in [0, 0.1) is 5.95 Å². The van der Waals surface area contributed by atoms with Gasteiger partial charge in [-0.3, -0.25) is 0 Å². The molecule has 0 aliphatic carbocycles. The summed E-state index contributed by atoms with van der Waals surface area (Å²) in [5.74, 6) is 6.33. The predicted octanol–water partition coefficient (Wildman–Crippen LogP) is 4.44. The Balaban J connectivity index is 1.59. The van der Waals surface area contributed by atoms with Crippen LogP contribution in [0.5, 0.6) is 0 Å². The molecule has 29 heavy (non-hydrogen) atoms. The molecule has 1 N–H and O–H groups in total. The molecule has 0 spiro atoms. The molecule has 0 amide bonds. The second-order valence-electron chi connectivity index (χ2n) is 7.43. The van der Waals surface area contributed by atoms with Gasteiger partial charge in [-0.25, -0.2) is 20.0 Å². The minimum Gasteiger partial charge on any atom is -0.354 e. The Morgan fingerprint density at radius 1 is 1.03 bits per heavy atom. The molecule has 0 atom stereocenters. The van der Waals surface area contributed by atoms with Gasteiger partial charge in [-0.2, -0.15) is 9.37 Å². The van der Waals surface area contributed by atoms with Gasteiger partial charge in [-0.05, 0) is 46.8 Å². The first-order valence-corrected chi connectivity index (χ1v) is 12.5. The van der Waals surface area contributed by atoms with Crippen LogP contribution in [0.4, 0.5) is 16.2 Å². The highest BCUT2D eigenvalue weighted by atomic mass is 32.3. The fourth-order valence-corrected chi connectivity index (χ4v) is 6.87. The van der Waals surface area contributed by atoms with E-state index >= 15 is 0 Å². The summed E-state index contributed by atoms with van der Waals surface area (Å²) in [6, 6.07) is 11.3. The number of nitrogens with one attached hydrogen (secondary N) is 1. The summed E-state index contributed by atoms with van der Waals surface area (Å²) in [6.07, 6.45) is 1.53. The molecule has 1 aliphatic rings. The molecule has 1 saturated heterocycles. The molecular weight excluding hydrogens is 385 g/mol. The average Bonchev–Trinajstić information content (AvgIpc) is 2.78. The van der Waals surface area contributed by atoms with Gasteiger partial charge < -0.3 is 10.2 Å². The summed E-state index contributed by atoms with van der Waals surface area (Å²) in [4.78, 5) is 15.7. The Hall–Kier alpha value is -2.41. The van der Waals surface area contributed by atoms with Crippen molar-refractivity contribution in [3.8, 4) is 0 Å². The third-order valence-electron chi connectivity index (χ3n) is 5.94. The third kappa shape index (κ3) is 4.29. The number of hydrogen-bond acceptors (Lipinski definition) is 5. The number of pyridine rings is 1. The van der Waals surface area contributed by atoms with Crippen LogP contribution in [0.15, 0.2) is 42.6 Å². The van der Waals surface area contributed by atoms with Crippen molar-refractivity contribution in [2.45, 2.75) is 20.4 Å². The molecule has 2 aromatic heterocycles. The second kappa shape index (κ2) is 8.53. The molecule has 1 fully saturated rings. The number of anilines is 2. The normalized spacial score (nSPS) is 17.3. The quantitative estimate of drug-likeness (QED) is 0.606. The van der Waals surface area contributed by atoms with Crippen molar-refractivity contribution in [3.05, 3.63) is 54.1 Å². The Bertz CT molecular complexity index is 965. The number of benzene rings is 1. The number of rotatable bonds is 6. The van der Waals surface area contributed by atoms with Crippen LogP contribution < -0.4 is 10.2 Å². The highest BCUT2D eigenvalue weighted by Crippen LogP contribution is 2.49. The maximum absolute atomic E-state index is 13.0. The lowest BCUT2D eigenvalue weighted by Crippen LogP contribution is -2.40. The summed E-state index contributed by atoms with van der Waals surface area (Å²) in [5, 5.41) is 4.38.